The van der Waals surface area contributed by atoms with Gasteiger partial charge in [-0.15, -0.1) is 0 Å². The van der Waals surface area contributed by atoms with E-state index in [1.54, 1.807) is 7.11 Å². The van der Waals surface area contributed by atoms with Crippen molar-refractivity contribution in [1.29, 1.82) is 0 Å². The number of urea groups is 1. The number of ether oxygens (including phenoxy) is 1. The predicted molar refractivity (Wildman–Crippen MR) is 107 cm³/mol. The second-order valence-corrected chi connectivity index (χ2v) is 8.74. The van der Waals surface area contributed by atoms with Crippen LogP contribution in [0.4, 0.5) is 4.79 Å². The maximum atomic E-state index is 13.0. The molecule has 156 valence electrons. The number of nitrogens with zero attached hydrogens (tertiary/aromatic N) is 1. The third-order valence-corrected chi connectivity index (χ3v) is 6.56. The quantitative estimate of drug-likeness (QED) is 0.720. The molecule has 1 heterocycles. The molecule has 0 aromatic heterocycles. The first-order valence-electron chi connectivity index (χ1n) is 10.5. The van der Waals surface area contributed by atoms with E-state index in [0.29, 0.717) is 24.7 Å². The van der Waals surface area contributed by atoms with Crippen molar-refractivity contribution in [3.05, 3.63) is 29.8 Å². The zero-order chi connectivity index (χ0) is 20.6. The molecule has 0 radical (unpaired) electrons. The molecular weight excluding hydrogens is 370 g/mol. The Balaban J connectivity index is 1.41. The van der Waals surface area contributed by atoms with Crippen molar-refractivity contribution in [2.75, 3.05) is 13.7 Å². The van der Waals surface area contributed by atoms with Crippen molar-refractivity contribution in [2.24, 2.45) is 11.8 Å². The topological polar surface area (TPSA) is 87.7 Å². The van der Waals surface area contributed by atoms with Gasteiger partial charge in [-0.3, -0.25) is 14.5 Å². The Morgan fingerprint density at radius 1 is 1.21 bits per heavy atom. The molecule has 29 heavy (non-hydrogen) atoms. The van der Waals surface area contributed by atoms with Crippen LogP contribution in [0, 0.1) is 11.8 Å². The van der Waals surface area contributed by atoms with Crippen molar-refractivity contribution in [1.82, 2.24) is 15.5 Å². The summed E-state index contributed by atoms with van der Waals surface area (Å²) in [5, 5.41) is 5.92. The van der Waals surface area contributed by atoms with Gasteiger partial charge < -0.3 is 15.4 Å². The molecule has 4 rings (SSSR count). The van der Waals surface area contributed by atoms with Crippen LogP contribution in [0.2, 0.25) is 0 Å². The van der Waals surface area contributed by atoms with Crippen LogP contribution in [-0.2, 0) is 9.59 Å². The Hall–Kier alpha value is -2.57. The molecule has 1 saturated heterocycles. The number of amides is 4. The number of rotatable bonds is 6. The van der Waals surface area contributed by atoms with E-state index < -0.39 is 11.6 Å². The van der Waals surface area contributed by atoms with Gasteiger partial charge in [-0.25, -0.2) is 4.79 Å². The fourth-order valence-corrected chi connectivity index (χ4v) is 4.49. The monoisotopic (exact) mass is 399 g/mol. The second kappa shape index (κ2) is 7.69. The van der Waals surface area contributed by atoms with Crippen molar-refractivity contribution < 1.29 is 19.1 Å². The fraction of sp³-hybridized carbons (Fsp3) is 0.591. The molecule has 2 N–H and O–H groups in total. The molecular formula is C22H29N3O4. The molecule has 1 aromatic carbocycles. The normalized spacial score (nSPS) is 27.7. The zero-order valence-electron chi connectivity index (χ0n) is 17.1. The summed E-state index contributed by atoms with van der Waals surface area (Å²) < 4.78 is 5.20. The Morgan fingerprint density at radius 2 is 1.86 bits per heavy atom. The maximum Gasteiger partial charge on any atom is 0.325 e. The molecule has 3 fully saturated rings. The molecule has 1 aromatic rings. The van der Waals surface area contributed by atoms with Gasteiger partial charge in [0.15, 0.2) is 0 Å². The number of carbonyl (C=O) groups is 3. The minimum Gasteiger partial charge on any atom is -0.497 e. The number of benzene rings is 1. The Kier molecular flexibility index (Phi) is 5.23. The highest BCUT2D eigenvalue weighted by molar-refractivity contribution is 6.09. The summed E-state index contributed by atoms with van der Waals surface area (Å²) in [5.74, 6) is 1.16. The van der Waals surface area contributed by atoms with Crippen LogP contribution in [0.3, 0.4) is 0 Å². The Labute approximate surface area is 171 Å². The van der Waals surface area contributed by atoms with E-state index in [4.69, 9.17) is 4.74 Å². The lowest BCUT2D eigenvalue weighted by Gasteiger charge is -2.33. The average molecular weight is 399 g/mol. The molecule has 1 spiro atoms. The summed E-state index contributed by atoms with van der Waals surface area (Å²) >= 11 is 0. The number of hydrogen-bond acceptors (Lipinski definition) is 4. The van der Waals surface area contributed by atoms with Crippen LogP contribution < -0.4 is 15.4 Å². The summed E-state index contributed by atoms with van der Waals surface area (Å²) in [6, 6.07) is 7.09. The van der Waals surface area contributed by atoms with Crippen LogP contribution >= 0.6 is 0 Å². The molecule has 0 bridgehead atoms. The largest absolute Gasteiger partial charge is 0.497 e. The summed E-state index contributed by atoms with van der Waals surface area (Å²) in [7, 11) is 1.62. The van der Waals surface area contributed by atoms with Gasteiger partial charge in [0.05, 0.1) is 13.2 Å². The van der Waals surface area contributed by atoms with Gasteiger partial charge in [-0.2, -0.15) is 0 Å². The Morgan fingerprint density at radius 3 is 2.45 bits per heavy atom. The first kappa shape index (κ1) is 19.7. The molecule has 1 atom stereocenters. The van der Waals surface area contributed by atoms with Gasteiger partial charge >= 0.3 is 6.03 Å². The highest BCUT2D eigenvalue weighted by Crippen LogP contribution is 2.41. The SMILES string of the molecule is COc1ccc([C@H](NC(=O)CN2C(=O)NC3(CCC(C)CC3)C2=O)C2CC2)cc1. The molecule has 4 amide bonds. The first-order valence-corrected chi connectivity index (χ1v) is 10.5. The summed E-state index contributed by atoms with van der Waals surface area (Å²) in [4.78, 5) is 39.2. The summed E-state index contributed by atoms with van der Waals surface area (Å²) in [6.45, 7) is 1.93. The lowest BCUT2D eigenvalue weighted by Crippen LogP contribution is -2.50. The number of hydrogen-bond donors (Lipinski definition) is 2. The van der Waals surface area contributed by atoms with Crippen LogP contribution in [0.1, 0.15) is 57.1 Å². The second-order valence-electron chi connectivity index (χ2n) is 8.74. The van der Waals surface area contributed by atoms with Crippen molar-refractivity contribution in [3.8, 4) is 5.75 Å². The number of imide groups is 1. The molecule has 2 saturated carbocycles. The van der Waals surface area contributed by atoms with Crippen molar-refractivity contribution >= 4 is 17.8 Å². The van der Waals surface area contributed by atoms with Crippen molar-refractivity contribution in [2.45, 2.75) is 57.0 Å². The van der Waals surface area contributed by atoms with Gasteiger partial charge in [0, 0.05) is 0 Å². The van der Waals surface area contributed by atoms with Gasteiger partial charge in [-0.1, -0.05) is 19.1 Å². The van der Waals surface area contributed by atoms with Gasteiger partial charge in [0.2, 0.25) is 5.91 Å². The summed E-state index contributed by atoms with van der Waals surface area (Å²) in [5.41, 5.74) is 0.201. The molecule has 2 aliphatic carbocycles. The lowest BCUT2D eigenvalue weighted by atomic mass is 9.77. The predicted octanol–water partition coefficient (Wildman–Crippen LogP) is 2.76. The average Bonchev–Trinajstić information content (AvgIpc) is 3.53. The van der Waals surface area contributed by atoms with Crippen LogP contribution in [0.15, 0.2) is 24.3 Å². The zero-order valence-corrected chi connectivity index (χ0v) is 17.1. The van der Waals surface area contributed by atoms with E-state index in [9.17, 15) is 14.4 Å². The van der Waals surface area contributed by atoms with E-state index in [1.165, 1.54) is 0 Å². The van der Waals surface area contributed by atoms with Gasteiger partial charge in [-0.05, 0) is 68.1 Å². The van der Waals surface area contributed by atoms with Crippen LogP contribution in [0.5, 0.6) is 5.75 Å². The van der Waals surface area contributed by atoms with E-state index in [2.05, 4.69) is 17.6 Å². The summed E-state index contributed by atoms with van der Waals surface area (Å²) in [6.07, 6.45) is 5.23. The highest BCUT2D eigenvalue weighted by Gasteiger charge is 2.52. The first-order chi connectivity index (χ1) is 13.9. The van der Waals surface area contributed by atoms with E-state index in [0.717, 1.165) is 41.9 Å². The number of carbonyl (C=O) groups excluding carboxylic acids is 3. The van der Waals surface area contributed by atoms with Crippen LogP contribution in [0.25, 0.3) is 0 Å². The lowest BCUT2D eigenvalue weighted by molar-refractivity contribution is -0.136. The minimum atomic E-state index is -0.810. The standard InChI is InChI=1S/C22H29N3O4/c1-14-9-11-22(12-10-14)20(27)25(21(28)24-22)13-18(26)23-19(15-3-4-15)16-5-7-17(29-2)8-6-16/h5-8,14-15,19H,3-4,9-13H2,1-2H3,(H,23,26)(H,24,28)/t14?,19-,22?/m1/s1. The van der Waals surface area contributed by atoms with E-state index in [1.807, 2.05) is 24.3 Å². The molecule has 7 nitrogen and oxygen atoms in total. The van der Waals surface area contributed by atoms with Crippen molar-refractivity contribution in [3.63, 3.8) is 0 Å². The van der Waals surface area contributed by atoms with E-state index >= 15 is 0 Å². The number of nitrogens with one attached hydrogen (secondary N) is 2. The Bertz CT molecular complexity index is 795. The van der Waals surface area contributed by atoms with Crippen LogP contribution in [-0.4, -0.2) is 41.9 Å². The molecule has 0 unspecified atom stereocenters. The maximum absolute atomic E-state index is 13.0. The molecule has 1 aliphatic heterocycles. The minimum absolute atomic E-state index is 0.112. The fourth-order valence-electron chi connectivity index (χ4n) is 4.49. The van der Waals surface area contributed by atoms with Gasteiger partial charge in [0.1, 0.15) is 17.8 Å². The molecule has 3 aliphatic rings. The highest BCUT2D eigenvalue weighted by atomic mass is 16.5. The van der Waals surface area contributed by atoms with Gasteiger partial charge in [0.25, 0.3) is 5.91 Å². The number of methoxy groups -OCH3 is 1. The van der Waals surface area contributed by atoms with E-state index in [-0.39, 0.29) is 24.4 Å². The third kappa shape index (κ3) is 3.95. The smallest absolute Gasteiger partial charge is 0.325 e. The third-order valence-electron chi connectivity index (χ3n) is 6.56. The molecule has 7 heteroatoms.